The van der Waals surface area contributed by atoms with E-state index < -0.39 is 0 Å². The molecule has 0 unspecified atom stereocenters. The Hall–Kier alpha value is -2.37. The lowest BCUT2D eigenvalue weighted by Gasteiger charge is -2.35. The first kappa shape index (κ1) is 20.4. The molecule has 1 heterocycles. The first-order chi connectivity index (χ1) is 13.3. The number of carbonyl (C=O) groups excluding carboxylic acids is 3. The summed E-state index contributed by atoms with van der Waals surface area (Å²) >= 11 is 0. The fourth-order valence-electron chi connectivity index (χ4n) is 3.43. The molecule has 2 fully saturated rings. The van der Waals surface area contributed by atoms with E-state index in [2.05, 4.69) is 26.1 Å². The van der Waals surface area contributed by atoms with Crippen LogP contribution >= 0.6 is 0 Å². The molecular formula is C22H31N3O3. The van der Waals surface area contributed by atoms with Gasteiger partial charge in [-0.2, -0.15) is 0 Å². The Bertz CT molecular complexity index is 724. The number of hydrogen-bond acceptors (Lipinski definition) is 3. The van der Waals surface area contributed by atoms with Gasteiger partial charge in [0.05, 0.1) is 0 Å². The number of piperazine rings is 1. The smallest absolute Gasteiger partial charge is 0.251 e. The lowest BCUT2D eigenvalue weighted by molar-refractivity contribution is -0.140. The van der Waals surface area contributed by atoms with E-state index in [9.17, 15) is 14.4 Å². The predicted octanol–water partition coefficient (Wildman–Crippen LogP) is 2.18. The molecule has 0 radical (unpaired) electrons. The van der Waals surface area contributed by atoms with Gasteiger partial charge in [0.15, 0.2) is 0 Å². The van der Waals surface area contributed by atoms with E-state index in [0.717, 1.165) is 12.8 Å². The van der Waals surface area contributed by atoms with Crippen molar-refractivity contribution in [2.45, 2.75) is 45.4 Å². The third-order valence-corrected chi connectivity index (χ3v) is 5.51. The standard InChI is InChI=1S/C22H31N3O3/c1-22(2,3)18-8-6-16(7-9-18)20(27)23-11-10-19(26)24-12-14-25(15-13-24)21(28)17-4-5-17/h6-9,17H,4-5,10-15H2,1-3H3,(H,23,27). The van der Waals surface area contributed by atoms with Crippen LogP contribution in [0.3, 0.4) is 0 Å². The average Bonchev–Trinajstić information content (AvgIpc) is 3.52. The summed E-state index contributed by atoms with van der Waals surface area (Å²) in [5.41, 5.74) is 1.83. The van der Waals surface area contributed by atoms with Gasteiger partial charge in [-0.1, -0.05) is 32.9 Å². The van der Waals surface area contributed by atoms with Gasteiger partial charge in [-0.15, -0.1) is 0 Å². The van der Waals surface area contributed by atoms with Crippen molar-refractivity contribution in [2.75, 3.05) is 32.7 Å². The molecule has 0 spiro atoms. The summed E-state index contributed by atoms with van der Waals surface area (Å²) in [7, 11) is 0. The second kappa shape index (κ2) is 8.33. The molecule has 0 atom stereocenters. The minimum absolute atomic E-state index is 0.0295. The van der Waals surface area contributed by atoms with Gasteiger partial charge in [0.25, 0.3) is 5.91 Å². The zero-order valence-electron chi connectivity index (χ0n) is 17.2. The molecule has 6 nitrogen and oxygen atoms in total. The summed E-state index contributed by atoms with van der Waals surface area (Å²) in [5.74, 6) is 0.349. The fourth-order valence-corrected chi connectivity index (χ4v) is 3.43. The van der Waals surface area contributed by atoms with Gasteiger partial charge in [-0.25, -0.2) is 0 Å². The lowest BCUT2D eigenvalue weighted by atomic mass is 9.87. The topological polar surface area (TPSA) is 69.7 Å². The van der Waals surface area contributed by atoms with E-state index in [1.54, 1.807) is 4.90 Å². The van der Waals surface area contributed by atoms with Crippen molar-refractivity contribution in [2.24, 2.45) is 5.92 Å². The molecule has 1 aromatic carbocycles. The molecule has 1 aliphatic carbocycles. The van der Waals surface area contributed by atoms with Crippen LogP contribution in [0.5, 0.6) is 0 Å². The van der Waals surface area contributed by atoms with Gasteiger partial charge in [0.2, 0.25) is 11.8 Å². The van der Waals surface area contributed by atoms with E-state index in [1.165, 1.54) is 5.56 Å². The molecule has 3 amide bonds. The number of nitrogens with zero attached hydrogens (tertiary/aromatic N) is 2. The van der Waals surface area contributed by atoms with E-state index in [1.807, 2.05) is 29.2 Å². The Labute approximate surface area is 167 Å². The number of rotatable bonds is 5. The summed E-state index contributed by atoms with van der Waals surface area (Å²) in [6, 6.07) is 7.60. The van der Waals surface area contributed by atoms with Crippen molar-refractivity contribution in [1.82, 2.24) is 15.1 Å². The Morgan fingerprint density at radius 1 is 0.964 bits per heavy atom. The number of benzene rings is 1. The van der Waals surface area contributed by atoms with E-state index in [4.69, 9.17) is 0 Å². The summed E-state index contributed by atoms with van der Waals surface area (Å²) < 4.78 is 0. The summed E-state index contributed by atoms with van der Waals surface area (Å²) in [6.45, 7) is 9.13. The fraction of sp³-hybridized carbons (Fsp3) is 0.591. The van der Waals surface area contributed by atoms with Crippen LogP contribution in [0.1, 0.15) is 56.0 Å². The van der Waals surface area contributed by atoms with E-state index in [0.29, 0.717) is 38.3 Å². The predicted molar refractivity (Wildman–Crippen MR) is 108 cm³/mol. The number of hydrogen-bond donors (Lipinski definition) is 1. The van der Waals surface area contributed by atoms with Gasteiger partial charge in [-0.3, -0.25) is 14.4 Å². The Balaban J connectivity index is 1.39. The number of amides is 3. The summed E-state index contributed by atoms with van der Waals surface area (Å²) in [5, 5.41) is 2.83. The van der Waals surface area contributed by atoms with E-state index in [-0.39, 0.29) is 35.5 Å². The maximum Gasteiger partial charge on any atom is 0.251 e. The third kappa shape index (κ3) is 5.12. The molecule has 2 aliphatic rings. The van der Waals surface area contributed by atoms with Gasteiger partial charge < -0.3 is 15.1 Å². The Morgan fingerprint density at radius 3 is 2.07 bits per heavy atom. The Kier molecular flexibility index (Phi) is 6.06. The largest absolute Gasteiger partial charge is 0.352 e. The number of nitrogens with one attached hydrogen (secondary N) is 1. The van der Waals surface area contributed by atoms with Crippen molar-refractivity contribution < 1.29 is 14.4 Å². The van der Waals surface area contributed by atoms with Crippen molar-refractivity contribution in [1.29, 1.82) is 0 Å². The molecule has 0 aromatic heterocycles. The van der Waals surface area contributed by atoms with Crippen LogP contribution in [-0.4, -0.2) is 60.2 Å². The molecular weight excluding hydrogens is 354 g/mol. The zero-order valence-corrected chi connectivity index (χ0v) is 17.2. The molecule has 3 rings (SSSR count). The van der Waals surface area contributed by atoms with Crippen LogP contribution in [0.2, 0.25) is 0 Å². The van der Waals surface area contributed by atoms with Crippen molar-refractivity contribution in [3.8, 4) is 0 Å². The van der Waals surface area contributed by atoms with Gasteiger partial charge >= 0.3 is 0 Å². The molecule has 1 aliphatic heterocycles. The first-order valence-electron chi connectivity index (χ1n) is 10.2. The lowest BCUT2D eigenvalue weighted by Crippen LogP contribution is -2.51. The molecule has 1 N–H and O–H groups in total. The van der Waals surface area contributed by atoms with Gasteiger partial charge in [-0.05, 0) is 36.0 Å². The van der Waals surface area contributed by atoms with Gasteiger partial charge in [0, 0.05) is 50.6 Å². The molecule has 1 aromatic rings. The maximum atomic E-state index is 12.4. The van der Waals surface area contributed by atoms with Gasteiger partial charge in [0.1, 0.15) is 0 Å². The normalized spacial score (nSPS) is 17.4. The van der Waals surface area contributed by atoms with Crippen LogP contribution in [0.15, 0.2) is 24.3 Å². The third-order valence-electron chi connectivity index (χ3n) is 5.51. The van der Waals surface area contributed by atoms with Crippen LogP contribution in [-0.2, 0) is 15.0 Å². The second-order valence-electron chi connectivity index (χ2n) is 8.81. The highest BCUT2D eigenvalue weighted by Crippen LogP contribution is 2.31. The van der Waals surface area contributed by atoms with Crippen molar-refractivity contribution in [3.05, 3.63) is 35.4 Å². The second-order valence-corrected chi connectivity index (χ2v) is 8.81. The van der Waals surface area contributed by atoms with Crippen molar-refractivity contribution >= 4 is 17.7 Å². The highest BCUT2D eigenvalue weighted by atomic mass is 16.2. The first-order valence-corrected chi connectivity index (χ1v) is 10.2. The average molecular weight is 386 g/mol. The van der Waals surface area contributed by atoms with Crippen molar-refractivity contribution in [3.63, 3.8) is 0 Å². The summed E-state index contributed by atoms with van der Waals surface area (Å²) in [4.78, 5) is 40.4. The molecule has 0 bridgehead atoms. The van der Waals surface area contributed by atoms with E-state index >= 15 is 0 Å². The van der Waals surface area contributed by atoms with Crippen LogP contribution < -0.4 is 5.32 Å². The maximum absolute atomic E-state index is 12.4. The molecule has 1 saturated carbocycles. The quantitative estimate of drug-likeness (QED) is 0.845. The number of carbonyl (C=O) groups is 3. The monoisotopic (exact) mass is 385 g/mol. The summed E-state index contributed by atoms with van der Waals surface area (Å²) in [6.07, 6.45) is 2.30. The SMILES string of the molecule is CC(C)(C)c1ccc(C(=O)NCCC(=O)N2CCN(C(=O)C3CC3)CC2)cc1. The molecule has 1 saturated heterocycles. The molecule has 152 valence electrons. The minimum Gasteiger partial charge on any atom is -0.352 e. The Morgan fingerprint density at radius 2 is 1.54 bits per heavy atom. The highest BCUT2D eigenvalue weighted by Gasteiger charge is 2.35. The van der Waals surface area contributed by atoms with Crippen LogP contribution in [0.4, 0.5) is 0 Å². The minimum atomic E-state index is -0.159. The molecule has 28 heavy (non-hydrogen) atoms. The van der Waals surface area contributed by atoms with Crippen LogP contribution in [0.25, 0.3) is 0 Å². The zero-order chi connectivity index (χ0) is 20.3. The molecule has 6 heteroatoms. The highest BCUT2D eigenvalue weighted by molar-refractivity contribution is 5.94. The van der Waals surface area contributed by atoms with Crippen LogP contribution in [0, 0.1) is 5.92 Å².